The summed E-state index contributed by atoms with van der Waals surface area (Å²) < 4.78 is 4.93. The largest absolute Gasteiger partial charge is 0.364 e. The summed E-state index contributed by atoms with van der Waals surface area (Å²) in [5.74, 6) is 0.959. The van der Waals surface area contributed by atoms with E-state index in [1.165, 1.54) is 0 Å². The molecule has 0 radical (unpaired) electrons. The number of hydrogen-bond donors (Lipinski definition) is 1. The minimum atomic E-state index is -0.155. The van der Waals surface area contributed by atoms with E-state index in [0.717, 1.165) is 11.5 Å². The van der Waals surface area contributed by atoms with E-state index in [1.807, 2.05) is 12.3 Å². The molecule has 2 rings (SSSR count). The fourth-order valence-corrected chi connectivity index (χ4v) is 1.76. The van der Waals surface area contributed by atoms with Crippen LogP contribution >= 0.6 is 0 Å². The molecule has 2 aromatic heterocycles. The third kappa shape index (κ3) is 1.45. The van der Waals surface area contributed by atoms with E-state index >= 15 is 0 Å². The van der Waals surface area contributed by atoms with E-state index in [-0.39, 0.29) is 10.8 Å². The van der Waals surface area contributed by atoms with Crippen molar-refractivity contribution >= 4 is 0 Å². The van der Waals surface area contributed by atoms with E-state index in [4.69, 9.17) is 4.52 Å². The van der Waals surface area contributed by atoms with Gasteiger partial charge in [-0.05, 0) is 0 Å². The minimum Gasteiger partial charge on any atom is -0.364 e. The lowest BCUT2D eigenvalue weighted by Gasteiger charge is -2.38. The first kappa shape index (κ1) is 10.9. The smallest absolute Gasteiger partial charge is 0.124 e. The minimum absolute atomic E-state index is 0.145. The predicted octanol–water partition coefficient (Wildman–Crippen LogP) is 2.65. The van der Waals surface area contributed by atoms with Gasteiger partial charge in [0.1, 0.15) is 12.1 Å². The predicted molar refractivity (Wildman–Crippen MR) is 61.1 cm³/mol. The van der Waals surface area contributed by atoms with Crippen molar-refractivity contribution < 1.29 is 4.52 Å². The van der Waals surface area contributed by atoms with Crippen LogP contribution in [-0.2, 0) is 10.8 Å². The highest BCUT2D eigenvalue weighted by molar-refractivity contribution is 5.24. The summed E-state index contributed by atoms with van der Waals surface area (Å²) in [6.45, 7) is 8.60. The van der Waals surface area contributed by atoms with Gasteiger partial charge in [-0.15, -0.1) is 0 Å². The second kappa shape index (κ2) is 3.47. The summed E-state index contributed by atoms with van der Waals surface area (Å²) in [7, 11) is 0. The van der Waals surface area contributed by atoms with Crippen molar-refractivity contribution in [2.24, 2.45) is 0 Å². The maximum absolute atomic E-state index is 4.93. The summed E-state index contributed by atoms with van der Waals surface area (Å²) >= 11 is 0. The standard InChI is InChI=1S/C12H17N3O/c1-11(2,9-5-8-16-15-9)12(3,4)10-13-6-7-14-10/h5-8H,1-4H3,(H,13,14). The summed E-state index contributed by atoms with van der Waals surface area (Å²) in [5, 5.41) is 4.05. The van der Waals surface area contributed by atoms with Gasteiger partial charge >= 0.3 is 0 Å². The molecule has 0 saturated heterocycles. The highest BCUT2D eigenvalue weighted by Gasteiger charge is 2.43. The van der Waals surface area contributed by atoms with E-state index in [0.29, 0.717) is 0 Å². The van der Waals surface area contributed by atoms with Crippen LogP contribution in [0.3, 0.4) is 0 Å². The van der Waals surface area contributed by atoms with Crippen molar-refractivity contribution in [3.8, 4) is 0 Å². The summed E-state index contributed by atoms with van der Waals surface area (Å²) in [6.07, 6.45) is 5.22. The van der Waals surface area contributed by atoms with Crippen molar-refractivity contribution in [1.29, 1.82) is 0 Å². The van der Waals surface area contributed by atoms with Crippen molar-refractivity contribution in [3.63, 3.8) is 0 Å². The molecule has 0 aliphatic carbocycles. The Morgan fingerprint density at radius 1 is 1.19 bits per heavy atom. The number of aromatic nitrogens is 3. The fourth-order valence-electron chi connectivity index (χ4n) is 1.76. The molecule has 0 fully saturated rings. The number of rotatable bonds is 3. The number of nitrogens with one attached hydrogen (secondary N) is 1. The Morgan fingerprint density at radius 3 is 2.44 bits per heavy atom. The van der Waals surface area contributed by atoms with Crippen LogP contribution in [0.5, 0.6) is 0 Å². The van der Waals surface area contributed by atoms with Crippen LogP contribution in [0.15, 0.2) is 29.2 Å². The van der Waals surface area contributed by atoms with Gasteiger partial charge in [-0.1, -0.05) is 32.9 Å². The lowest BCUT2D eigenvalue weighted by Crippen LogP contribution is -2.41. The van der Waals surface area contributed by atoms with Gasteiger partial charge in [0.05, 0.1) is 5.69 Å². The van der Waals surface area contributed by atoms with Gasteiger partial charge in [0.2, 0.25) is 0 Å². The number of H-pyrrole nitrogens is 1. The second-order valence-corrected chi connectivity index (χ2v) is 5.07. The molecule has 2 aromatic rings. The molecule has 4 heteroatoms. The Balaban J connectivity index is 2.44. The first-order valence-electron chi connectivity index (χ1n) is 5.37. The van der Waals surface area contributed by atoms with Gasteiger partial charge in [-0.2, -0.15) is 0 Å². The molecule has 4 nitrogen and oxygen atoms in total. The third-order valence-corrected chi connectivity index (χ3v) is 3.73. The molecule has 0 aliphatic rings. The highest BCUT2D eigenvalue weighted by Crippen LogP contribution is 2.41. The molecule has 2 heterocycles. The van der Waals surface area contributed by atoms with Gasteiger partial charge in [0, 0.05) is 29.3 Å². The van der Waals surface area contributed by atoms with Crippen LogP contribution in [-0.4, -0.2) is 15.1 Å². The maximum atomic E-state index is 4.93. The van der Waals surface area contributed by atoms with Crippen LogP contribution in [0.2, 0.25) is 0 Å². The molecule has 0 atom stereocenters. The van der Waals surface area contributed by atoms with E-state index in [2.05, 4.69) is 42.8 Å². The summed E-state index contributed by atoms with van der Waals surface area (Å²) in [6, 6.07) is 1.91. The SMILES string of the molecule is CC(C)(c1ccon1)C(C)(C)c1ncc[nH]1. The van der Waals surface area contributed by atoms with Crippen LogP contribution in [0.25, 0.3) is 0 Å². The number of aromatic amines is 1. The molecular formula is C12H17N3O. The van der Waals surface area contributed by atoms with E-state index < -0.39 is 0 Å². The zero-order valence-corrected chi connectivity index (χ0v) is 10.1. The highest BCUT2D eigenvalue weighted by atomic mass is 16.5. The lowest BCUT2D eigenvalue weighted by molar-refractivity contribution is 0.267. The molecule has 86 valence electrons. The van der Waals surface area contributed by atoms with Gasteiger partial charge in [-0.3, -0.25) is 0 Å². The second-order valence-electron chi connectivity index (χ2n) is 5.07. The Labute approximate surface area is 95.1 Å². The average molecular weight is 219 g/mol. The van der Waals surface area contributed by atoms with E-state index in [1.54, 1.807) is 12.5 Å². The molecule has 0 saturated carbocycles. The van der Waals surface area contributed by atoms with E-state index in [9.17, 15) is 0 Å². The van der Waals surface area contributed by atoms with Gasteiger partial charge in [-0.25, -0.2) is 4.98 Å². The lowest BCUT2D eigenvalue weighted by atomic mass is 9.65. The maximum Gasteiger partial charge on any atom is 0.124 e. The monoisotopic (exact) mass is 219 g/mol. The molecule has 0 aliphatic heterocycles. The molecule has 0 amide bonds. The summed E-state index contributed by atoms with van der Waals surface area (Å²) in [4.78, 5) is 7.53. The Hall–Kier alpha value is -1.58. The zero-order valence-electron chi connectivity index (χ0n) is 10.1. The van der Waals surface area contributed by atoms with Gasteiger partial charge < -0.3 is 9.51 Å². The molecule has 16 heavy (non-hydrogen) atoms. The molecule has 1 N–H and O–H groups in total. The van der Waals surface area contributed by atoms with Crippen LogP contribution in [0.1, 0.15) is 39.2 Å². The fraction of sp³-hybridized carbons (Fsp3) is 0.500. The Morgan fingerprint density at radius 2 is 1.94 bits per heavy atom. The van der Waals surface area contributed by atoms with Crippen LogP contribution in [0.4, 0.5) is 0 Å². The van der Waals surface area contributed by atoms with Crippen LogP contribution in [0, 0.1) is 0 Å². The number of imidazole rings is 1. The van der Waals surface area contributed by atoms with Crippen LogP contribution < -0.4 is 0 Å². The number of nitrogens with zero attached hydrogens (tertiary/aromatic N) is 2. The van der Waals surface area contributed by atoms with Gasteiger partial charge in [0.15, 0.2) is 0 Å². The summed E-state index contributed by atoms with van der Waals surface area (Å²) in [5.41, 5.74) is 0.638. The molecular weight excluding hydrogens is 202 g/mol. The normalized spacial score (nSPS) is 13.0. The quantitative estimate of drug-likeness (QED) is 0.863. The van der Waals surface area contributed by atoms with Crippen molar-refractivity contribution in [1.82, 2.24) is 15.1 Å². The average Bonchev–Trinajstić information content (AvgIpc) is 2.91. The van der Waals surface area contributed by atoms with Crippen molar-refractivity contribution in [2.45, 2.75) is 38.5 Å². The van der Waals surface area contributed by atoms with Crippen molar-refractivity contribution in [2.75, 3.05) is 0 Å². The molecule has 0 unspecified atom stereocenters. The van der Waals surface area contributed by atoms with Crippen molar-refractivity contribution in [3.05, 3.63) is 36.2 Å². The zero-order chi connectivity index (χ0) is 11.8. The molecule has 0 aromatic carbocycles. The Kier molecular flexibility index (Phi) is 2.37. The third-order valence-electron chi connectivity index (χ3n) is 3.73. The molecule has 0 bridgehead atoms. The van der Waals surface area contributed by atoms with Gasteiger partial charge in [0.25, 0.3) is 0 Å². The number of hydrogen-bond acceptors (Lipinski definition) is 3. The topological polar surface area (TPSA) is 54.7 Å². The first-order chi connectivity index (χ1) is 7.46. The Bertz CT molecular complexity index is 396. The first-order valence-corrected chi connectivity index (χ1v) is 5.37. The molecule has 0 spiro atoms.